The summed E-state index contributed by atoms with van der Waals surface area (Å²) in [5.74, 6) is -0.849. The van der Waals surface area contributed by atoms with E-state index >= 15 is 0 Å². The Morgan fingerprint density at radius 3 is 2.48 bits per heavy atom. The van der Waals surface area contributed by atoms with Crippen molar-refractivity contribution >= 4 is 17.6 Å². The summed E-state index contributed by atoms with van der Waals surface area (Å²) in [4.78, 5) is 25.2. The maximum Gasteiger partial charge on any atom is 0.309 e. The third-order valence-corrected chi connectivity index (χ3v) is 4.24. The first-order chi connectivity index (χ1) is 9.82. The number of anilines is 1. The molecule has 1 aliphatic rings. The number of aromatic amines is 1. The molecule has 0 atom stereocenters. The molecule has 1 saturated heterocycles. The number of rotatable bonds is 4. The lowest BCUT2D eigenvalue weighted by Gasteiger charge is -2.35. The van der Waals surface area contributed by atoms with Gasteiger partial charge in [-0.25, -0.2) is 0 Å². The van der Waals surface area contributed by atoms with E-state index < -0.39 is 11.4 Å². The average Bonchev–Trinajstić information content (AvgIpc) is 2.73. The van der Waals surface area contributed by atoms with E-state index in [1.165, 1.54) is 0 Å². The number of hydrogen-bond donors (Lipinski definition) is 3. The highest BCUT2D eigenvalue weighted by Gasteiger charge is 2.37. The van der Waals surface area contributed by atoms with Crippen LogP contribution in [0.1, 0.15) is 31.2 Å². The molecule has 0 radical (unpaired) electrons. The summed E-state index contributed by atoms with van der Waals surface area (Å²) in [6, 6.07) is 0. The number of carbonyl (C=O) groups excluding carboxylic acids is 1. The van der Waals surface area contributed by atoms with Crippen LogP contribution >= 0.6 is 0 Å². The molecule has 1 aromatic heterocycles. The average molecular weight is 294 g/mol. The van der Waals surface area contributed by atoms with Crippen LogP contribution in [0.15, 0.2) is 0 Å². The van der Waals surface area contributed by atoms with Crippen LogP contribution in [0, 0.1) is 19.3 Å². The Morgan fingerprint density at radius 1 is 1.38 bits per heavy atom. The Hall–Kier alpha value is -1.89. The highest BCUT2D eigenvalue weighted by molar-refractivity contribution is 5.93. The van der Waals surface area contributed by atoms with E-state index in [0.717, 1.165) is 17.1 Å². The van der Waals surface area contributed by atoms with E-state index in [4.69, 9.17) is 0 Å². The van der Waals surface area contributed by atoms with Crippen LogP contribution in [0.3, 0.4) is 0 Å². The second kappa shape index (κ2) is 5.85. The van der Waals surface area contributed by atoms with Crippen molar-refractivity contribution in [3.8, 4) is 0 Å². The standard InChI is InChI=1S/C14H22N4O3/c1-9-12(10(2)17-16-9)15-11(19)8-18-6-4-14(3,5-7-18)13(20)21/h4-8H2,1-3H3,(H,15,19)(H,16,17)(H,20,21). The van der Waals surface area contributed by atoms with Crippen LogP contribution in [-0.4, -0.2) is 51.7 Å². The third-order valence-electron chi connectivity index (χ3n) is 4.24. The van der Waals surface area contributed by atoms with Crippen molar-refractivity contribution in [3.63, 3.8) is 0 Å². The van der Waals surface area contributed by atoms with E-state index in [1.54, 1.807) is 6.92 Å². The minimum absolute atomic E-state index is 0.0958. The number of aryl methyl sites for hydroxylation is 2. The third kappa shape index (κ3) is 3.41. The lowest BCUT2D eigenvalue weighted by molar-refractivity contribution is -0.150. The number of H-pyrrole nitrogens is 1. The van der Waals surface area contributed by atoms with Crippen LogP contribution in [0.2, 0.25) is 0 Å². The summed E-state index contributed by atoms with van der Waals surface area (Å²) in [7, 11) is 0. The van der Waals surface area contributed by atoms with Crippen molar-refractivity contribution in [2.45, 2.75) is 33.6 Å². The van der Waals surface area contributed by atoms with Crippen LogP contribution in [0.25, 0.3) is 0 Å². The van der Waals surface area contributed by atoms with Gasteiger partial charge in [0.1, 0.15) is 0 Å². The Kier molecular flexibility index (Phi) is 4.32. The van der Waals surface area contributed by atoms with Gasteiger partial charge in [0.2, 0.25) is 5.91 Å². The Morgan fingerprint density at radius 2 is 2.00 bits per heavy atom. The van der Waals surface area contributed by atoms with Crippen molar-refractivity contribution in [1.29, 1.82) is 0 Å². The van der Waals surface area contributed by atoms with Crippen molar-refractivity contribution in [2.24, 2.45) is 5.41 Å². The Bertz CT molecular complexity index is 525. The lowest BCUT2D eigenvalue weighted by atomic mass is 9.80. The fourth-order valence-corrected chi connectivity index (χ4v) is 2.54. The van der Waals surface area contributed by atoms with Gasteiger partial charge >= 0.3 is 5.97 Å². The number of aliphatic carboxylic acids is 1. The molecule has 1 fully saturated rings. The van der Waals surface area contributed by atoms with Crippen molar-refractivity contribution in [1.82, 2.24) is 15.1 Å². The van der Waals surface area contributed by atoms with E-state index in [2.05, 4.69) is 15.5 Å². The van der Waals surface area contributed by atoms with Gasteiger partial charge in [0.05, 0.1) is 29.0 Å². The molecule has 2 rings (SSSR count). The first-order valence-electron chi connectivity index (χ1n) is 7.09. The fraction of sp³-hybridized carbons (Fsp3) is 0.643. The first kappa shape index (κ1) is 15.5. The van der Waals surface area contributed by atoms with Crippen molar-refractivity contribution in [2.75, 3.05) is 25.0 Å². The van der Waals surface area contributed by atoms with E-state index in [9.17, 15) is 14.7 Å². The highest BCUT2D eigenvalue weighted by atomic mass is 16.4. The summed E-state index contributed by atoms with van der Waals surface area (Å²) in [6.07, 6.45) is 1.14. The lowest BCUT2D eigenvalue weighted by Crippen LogP contribution is -2.45. The monoisotopic (exact) mass is 294 g/mol. The molecule has 2 heterocycles. The molecule has 0 aliphatic carbocycles. The van der Waals surface area contributed by atoms with Crippen LogP contribution in [0.4, 0.5) is 5.69 Å². The number of aromatic nitrogens is 2. The molecule has 0 bridgehead atoms. The molecule has 0 saturated carbocycles. The number of carbonyl (C=O) groups is 2. The number of carboxylic acid groups (broad SMARTS) is 1. The normalized spacial score (nSPS) is 18.4. The second-order valence-corrected chi connectivity index (χ2v) is 6.00. The molecule has 3 N–H and O–H groups in total. The van der Waals surface area contributed by atoms with E-state index in [-0.39, 0.29) is 12.5 Å². The van der Waals surface area contributed by atoms with Crippen LogP contribution < -0.4 is 5.32 Å². The summed E-state index contributed by atoms with van der Waals surface area (Å²) in [5, 5.41) is 18.9. The maximum atomic E-state index is 12.1. The molecule has 116 valence electrons. The first-order valence-corrected chi connectivity index (χ1v) is 7.09. The zero-order chi connectivity index (χ0) is 15.6. The number of nitrogens with zero attached hydrogens (tertiary/aromatic N) is 2. The smallest absolute Gasteiger partial charge is 0.309 e. The quantitative estimate of drug-likeness (QED) is 0.774. The van der Waals surface area contributed by atoms with Crippen molar-refractivity contribution in [3.05, 3.63) is 11.4 Å². The molecule has 21 heavy (non-hydrogen) atoms. The number of likely N-dealkylation sites (tertiary alicyclic amines) is 1. The van der Waals surface area contributed by atoms with Gasteiger partial charge in [0, 0.05) is 0 Å². The van der Waals surface area contributed by atoms with Crippen LogP contribution in [0.5, 0.6) is 0 Å². The maximum absolute atomic E-state index is 12.1. The second-order valence-electron chi connectivity index (χ2n) is 6.00. The Labute approximate surface area is 123 Å². The molecule has 7 nitrogen and oxygen atoms in total. The highest BCUT2D eigenvalue weighted by Crippen LogP contribution is 2.30. The summed E-state index contributed by atoms with van der Waals surface area (Å²) in [5.41, 5.74) is 1.66. The van der Waals surface area contributed by atoms with Crippen molar-refractivity contribution < 1.29 is 14.7 Å². The molecule has 7 heteroatoms. The molecular formula is C14H22N4O3. The van der Waals surface area contributed by atoms with Crippen LogP contribution in [-0.2, 0) is 9.59 Å². The fourth-order valence-electron chi connectivity index (χ4n) is 2.54. The number of amides is 1. The van der Waals surface area contributed by atoms with Gasteiger partial charge in [0.25, 0.3) is 0 Å². The van der Waals surface area contributed by atoms with Gasteiger partial charge in [-0.15, -0.1) is 0 Å². The zero-order valence-corrected chi connectivity index (χ0v) is 12.7. The van der Waals surface area contributed by atoms with Gasteiger partial charge < -0.3 is 10.4 Å². The zero-order valence-electron chi connectivity index (χ0n) is 12.7. The Balaban J connectivity index is 1.86. The molecule has 0 spiro atoms. The minimum Gasteiger partial charge on any atom is -0.481 e. The predicted octanol–water partition coefficient (Wildman–Crippen LogP) is 1.15. The molecular weight excluding hydrogens is 272 g/mol. The summed E-state index contributed by atoms with van der Waals surface area (Å²) < 4.78 is 0. The summed E-state index contributed by atoms with van der Waals surface area (Å²) >= 11 is 0. The molecule has 1 aromatic rings. The number of nitrogens with one attached hydrogen (secondary N) is 2. The minimum atomic E-state index is -0.753. The molecule has 1 amide bonds. The number of hydrogen-bond acceptors (Lipinski definition) is 4. The van der Waals surface area contributed by atoms with E-state index in [1.807, 2.05) is 18.7 Å². The molecule has 0 unspecified atom stereocenters. The number of piperidine rings is 1. The predicted molar refractivity (Wildman–Crippen MR) is 78.1 cm³/mol. The molecule has 0 aromatic carbocycles. The van der Waals surface area contributed by atoms with Gasteiger partial charge in [0.15, 0.2) is 0 Å². The number of carboxylic acids is 1. The van der Waals surface area contributed by atoms with Gasteiger partial charge in [-0.2, -0.15) is 5.10 Å². The van der Waals surface area contributed by atoms with Gasteiger partial charge in [-0.05, 0) is 46.7 Å². The molecule has 1 aliphatic heterocycles. The largest absolute Gasteiger partial charge is 0.481 e. The van der Waals surface area contributed by atoms with E-state index in [0.29, 0.717) is 25.9 Å². The summed E-state index contributed by atoms with van der Waals surface area (Å²) in [6.45, 7) is 6.98. The van der Waals surface area contributed by atoms with Gasteiger partial charge in [-0.1, -0.05) is 0 Å². The van der Waals surface area contributed by atoms with Gasteiger partial charge in [-0.3, -0.25) is 19.6 Å². The SMILES string of the molecule is Cc1n[nH]c(C)c1NC(=O)CN1CCC(C)(C(=O)O)CC1. The topological polar surface area (TPSA) is 98.3 Å².